The van der Waals surface area contributed by atoms with E-state index in [9.17, 15) is 0 Å². The average molecular weight is 1380 g/mol. The van der Waals surface area contributed by atoms with Gasteiger partial charge in [-0.25, -0.2) is 0 Å². The number of benzene rings is 16. The number of nitrogens with zero attached hydrogens (tertiary/aromatic N) is 1. The van der Waals surface area contributed by atoms with Gasteiger partial charge in [0.25, 0.3) is 0 Å². The van der Waals surface area contributed by atoms with Crippen LogP contribution in [0.3, 0.4) is 0 Å². The molecule has 3 heteroatoms. The largest absolute Gasteiger partial charge is 0.456 e. The molecule has 0 fully saturated rings. The van der Waals surface area contributed by atoms with E-state index in [1.807, 2.05) is 0 Å². The van der Waals surface area contributed by atoms with Crippen molar-refractivity contribution in [2.45, 2.75) is 54.8 Å². The van der Waals surface area contributed by atoms with Crippen molar-refractivity contribution in [1.29, 1.82) is 0 Å². The minimum absolute atomic E-state index is 0.313. The maximum Gasteiger partial charge on any atom is 0.144 e. The summed E-state index contributed by atoms with van der Waals surface area (Å²) in [5.74, 6) is 0. The van der Waals surface area contributed by atoms with Crippen LogP contribution in [-0.4, -0.2) is 0 Å². The molecule has 16 aromatic carbocycles. The van der Waals surface area contributed by atoms with Crippen LogP contribution in [0.15, 0.2) is 355 Å². The highest BCUT2D eigenvalue weighted by Crippen LogP contribution is 2.69. The maximum atomic E-state index is 7.22. The fourth-order valence-electron chi connectivity index (χ4n) is 22.2. The van der Waals surface area contributed by atoms with Gasteiger partial charge in [-0.1, -0.05) is 307 Å². The van der Waals surface area contributed by atoms with Crippen LogP contribution in [0, 0.1) is 0 Å². The summed E-state index contributed by atoms with van der Waals surface area (Å²) in [6.07, 6.45) is 0. The Kier molecular flexibility index (Phi) is 11.8. The number of anilines is 3. The van der Waals surface area contributed by atoms with Crippen molar-refractivity contribution in [2.24, 2.45) is 0 Å². The summed E-state index contributed by atoms with van der Waals surface area (Å²) in [4.78, 5) is 2.62. The van der Waals surface area contributed by atoms with E-state index in [1.54, 1.807) is 0 Å². The first-order chi connectivity index (χ1) is 53.1. The topological polar surface area (TPSA) is 29.5 Å². The van der Waals surface area contributed by atoms with Gasteiger partial charge in [-0.2, -0.15) is 0 Å². The molecule has 0 unspecified atom stereocenters. The molecule has 18 aromatic rings. The van der Waals surface area contributed by atoms with E-state index in [4.69, 9.17) is 8.83 Å². The van der Waals surface area contributed by atoms with Crippen LogP contribution in [0.1, 0.15) is 117 Å². The molecule has 0 saturated carbocycles. The summed E-state index contributed by atoms with van der Waals surface area (Å²) in [6.45, 7) is 9.85. The van der Waals surface area contributed by atoms with Gasteiger partial charge < -0.3 is 13.7 Å². The van der Waals surface area contributed by atoms with Crippen molar-refractivity contribution in [3.8, 4) is 66.8 Å². The number of fused-ring (bicyclic) bond motifs is 32. The van der Waals surface area contributed by atoms with E-state index in [1.165, 1.54) is 161 Å². The quantitative estimate of drug-likeness (QED) is 0.159. The first kappa shape index (κ1) is 60.2. The molecule has 2 heterocycles. The van der Waals surface area contributed by atoms with Crippen molar-refractivity contribution in [3.63, 3.8) is 0 Å². The van der Waals surface area contributed by atoms with Crippen molar-refractivity contribution < 1.29 is 8.83 Å². The third kappa shape index (κ3) is 7.26. The number of para-hydroxylation sites is 2. The van der Waals surface area contributed by atoms with Crippen molar-refractivity contribution in [2.75, 3.05) is 4.90 Å². The first-order valence-corrected chi connectivity index (χ1v) is 38.1. The smallest absolute Gasteiger partial charge is 0.144 e. The van der Waals surface area contributed by atoms with Gasteiger partial charge >= 0.3 is 0 Å². The fraction of sp³-hybridized carbons (Fsp3) is 0.0857. The molecule has 0 bridgehead atoms. The molecule has 2 aromatic heterocycles. The Morgan fingerprint density at radius 3 is 1.15 bits per heavy atom. The second kappa shape index (κ2) is 21.1. The Balaban J connectivity index is 0.801. The summed E-state index contributed by atoms with van der Waals surface area (Å²) < 4.78 is 14.1. The summed E-state index contributed by atoms with van der Waals surface area (Å²) in [6, 6.07) is 132. The van der Waals surface area contributed by atoms with E-state index in [2.05, 4.69) is 378 Å². The molecule has 0 amide bonds. The van der Waals surface area contributed by atoms with E-state index >= 15 is 0 Å². The Morgan fingerprint density at radius 1 is 0.222 bits per heavy atom. The molecular weight excluding hydrogens is 1310 g/mol. The number of rotatable bonds is 7. The van der Waals surface area contributed by atoms with Crippen LogP contribution in [0.4, 0.5) is 17.1 Å². The van der Waals surface area contributed by atoms with Crippen LogP contribution < -0.4 is 4.90 Å². The van der Waals surface area contributed by atoms with Gasteiger partial charge in [-0.15, -0.1) is 0 Å². The molecule has 6 aliphatic rings. The highest BCUT2D eigenvalue weighted by Gasteiger charge is 2.56. The summed E-state index contributed by atoms with van der Waals surface area (Å²) >= 11 is 0. The van der Waals surface area contributed by atoms with Crippen LogP contribution in [-0.2, 0) is 27.1 Å². The van der Waals surface area contributed by atoms with E-state index < -0.39 is 21.7 Å². The van der Waals surface area contributed by atoms with E-state index in [-0.39, 0.29) is 5.41 Å². The van der Waals surface area contributed by atoms with Gasteiger partial charge in [0.1, 0.15) is 22.3 Å². The first-order valence-electron chi connectivity index (χ1n) is 38.1. The fourth-order valence-corrected chi connectivity index (χ4v) is 22.2. The third-order valence-corrected chi connectivity index (χ3v) is 26.4. The average Bonchev–Trinajstić information content (AvgIpc) is 1.51. The lowest BCUT2D eigenvalue weighted by Crippen LogP contribution is -2.30. The minimum atomic E-state index is -0.826. The Labute approximate surface area is 626 Å². The highest BCUT2D eigenvalue weighted by atomic mass is 16.3. The molecule has 0 atom stereocenters. The van der Waals surface area contributed by atoms with Gasteiger partial charge in [0, 0.05) is 55.0 Å². The monoisotopic (exact) mass is 1380 g/mol. The predicted octanol–water partition coefficient (Wildman–Crippen LogP) is 26.6. The normalized spacial score (nSPS) is 15.6. The molecule has 108 heavy (non-hydrogen) atoms. The number of hydrogen-bond donors (Lipinski definition) is 0. The molecule has 24 rings (SSSR count). The zero-order valence-electron chi connectivity index (χ0n) is 60.2. The second-order valence-corrected chi connectivity index (χ2v) is 31.9. The van der Waals surface area contributed by atoms with Crippen molar-refractivity contribution >= 4 is 60.9 Å². The van der Waals surface area contributed by atoms with Crippen LogP contribution in [0.2, 0.25) is 0 Å². The molecular formula is C105H69NO2. The standard InChI is InChI=1S/C105H69NO2/c1-101(2)80-43-23-20-40-74(80)97-99(101)98-95(96-77-42-22-28-48-91(77)108-100(96)97)75-54-51-66(57-85(75)102(98,3)4)106(68-49-52-72-71-39-19-26-46-83(71)105(87(72)59-68)81-44-24-17-37-69(81)70-38-18-25-45-82(70)105)67-50-53-73-78-60-89-79(61-88(78)104(86(73)58-67,64-33-13-7-14-34-64)65-35-15-8-16-36-65)93-84(55-56-92-94(93)76-41-21-27-47-90(76)107-92)103(89,62-29-9-5-10-30-62)63-31-11-6-12-32-63/h5-61H,1-4H3. The number of furan rings is 2. The molecule has 0 radical (unpaired) electrons. The molecule has 0 N–H and O–H groups in total. The van der Waals surface area contributed by atoms with Gasteiger partial charge in [-0.3, -0.25) is 0 Å². The van der Waals surface area contributed by atoms with Crippen molar-refractivity contribution in [3.05, 3.63) is 435 Å². The van der Waals surface area contributed by atoms with Gasteiger partial charge in [0.05, 0.1) is 16.2 Å². The molecule has 6 aliphatic carbocycles. The highest BCUT2D eigenvalue weighted by molar-refractivity contribution is 6.21. The molecule has 506 valence electrons. The number of hydrogen-bond acceptors (Lipinski definition) is 3. The Morgan fingerprint density at radius 2 is 0.593 bits per heavy atom. The third-order valence-electron chi connectivity index (χ3n) is 26.4. The lowest BCUT2D eigenvalue weighted by Gasteiger charge is -2.36. The molecule has 3 nitrogen and oxygen atoms in total. The van der Waals surface area contributed by atoms with Gasteiger partial charge in [0.2, 0.25) is 0 Å². The SMILES string of the molecule is CC1(C)c2ccccc2-c2c1c1c(c3c2oc2ccccc23)-c2ccc(N(c3ccc4c(c3)C(c3ccccc3)(c3ccccc3)c3cc5c(cc3-4)C(c3ccccc3)(c3ccccc3)c3ccc4oc6ccccc6c4c3-5)c3ccc4c(c3)C3(c5ccccc5-c5ccccc53)c3ccccc3-4)cc2C1(C)C. The molecule has 0 saturated heterocycles. The van der Waals surface area contributed by atoms with Gasteiger partial charge in [-0.05, 0) is 217 Å². The molecule has 0 aliphatic heterocycles. The lowest BCUT2D eigenvalue weighted by atomic mass is 9.66. The van der Waals surface area contributed by atoms with Crippen molar-refractivity contribution in [1.82, 2.24) is 0 Å². The van der Waals surface area contributed by atoms with Crippen LogP contribution in [0.5, 0.6) is 0 Å². The van der Waals surface area contributed by atoms with Gasteiger partial charge in [0.15, 0.2) is 0 Å². The zero-order valence-corrected chi connectivity index (χ0v) is 60.2. The van der Waals surface area contributed by atoms with E-state index in [0.717, 1.165) is 55.6 Å². The molecule has 1 spiro atoms. The van der Waals surface area contributed by atoms with Crippen LogP contribution in [0.25, 0.3) is 111 Å². The zero-order chi connectivity index (χ0) is 71.3. The second-order valence-electron chi connectivity index (χ2n) is 31.9. The summed E-state index contributed by atoms with van der Waals surface area (Å²) in [5.41, 5.74) is 39.4. The summed E-state index contributed by atoms with van der Waals surface area (Å²) in [7, 11) is 0. The Bertz CT molecular complexity index is 6840. The van der Waals surface area contributed by atoms with E-state index in [0.29, 0.717) is 0 Å². The maximum absolute atomic E-state index is 7.22. The Hall–Kier alpha value is -13.1. The lowest BCUT2D eigenvalue weighted by molar-refractivity contribution is 0.600. The predicted molar refractivity (Wildman–Crippen MR) is 442 cm³/mol. The minimum Gasteiger partial charge on any atom is -0.456 e. The summed E-state index contributed by atoms with van der Waals surface area (Å²) in [5, 5.41) is 4.60. The van der Waals surface area contributed by atoms with Crippen LogP contribution >= 0.6 is 0 Å².